The monoisotopic (exact) mass is 719 g/mol. The first kappa shape index (κ1) is 32.7. The van der Waals surface area contributed by atoms with Crippen molar-refractivity contribution >= 4 is 78.6 Å². The van der Waals surface area contributed by atoms with Gasteiger partial charge in [-0.1, -0.05) is 182 Å². The Labute approximate surface area is 322 Å². The summed E-state index contributed by atoms with van der Waals surface area (Å²) in [5.41, 5.74) is 7.38. The number of hydrogen-bond acceptors (Lipinski definition) is 2. The second-order valence-corrected chi connectivity index (χ2v) is 17.9. The standard InChI is InChI=1S/C52H37NOSi/c1-4-17-43(18-5-1)55(44-19-6-2-7-20-44,45-21-8-3-9-22-45)46-34-29-39(30-35-46)38-27-31-41(32-28-38)53(50-25-14-16-40-15-10-11-23-47(40)50)42-33-36-49-48-24-12-13-26-51(48)54-52(49)37-42/h1-37H. The molecule has 0 aliphatic heterocycles. The van der Waals surface area contributed by atoms with Gasteiger partial charge in [0.05, 0.1) is 5.69 Å². The first-order chi connectivity index (χ1) is 27.3. The predicted octanol–water partition coefficient (Wildman–Crippen LogP) is 11.3. The van der Waals surface area contributed by atoms with Gasteiger partial charge in [0.1, 0.15) is 11.2 Å². The molecule has 0 saturated heterocycles. The zero-order chi connectivity index (χ0) is 36.6. The third kappa shape index (κ3) is 5.65. The molecule has 10 aromatic rings. The maximum Gasteiger partial charge on any atom is 0.179 e. The van der Waals surface area contributed by atoms with Crippen molar-refractivity contribution in [2.24, 2.45) is 0 Å². The van der Waals surface area contributed by atoms with E-state index in [1.54, 1.807) is 0 Å². The van der Waals surface area contributed by atoms with Gasteiger partial charge in [0.15, 0.2) is 8.07 Å². The van der Waals surface area contributed by atoms with Crippen LogP contribution >= 0.6 is 0 Å². The Bertz CT molecular complexity index is 2800. The summed E-state index contributed by atoms with van der Waals surface area (Å²) in [6, 6.07) is 81.6. The van der Waals surface area contributed by atoms with E-state index in [4.69, 9.17) is 4.42 Å². The van der Waals surface area contributed by atoms with E-state index in [0.29, 0.717) is 0 Å². The Morgan fingerprint density at radius 3 is 1.44 bits per heavy atom. The fraction of sp³-hybridized carbons (Fsp3) is 0. The van der Waals surface area contributed by atoms with Crippen LogP contribution in [-0.4, -0.2) is 8.07 Å². The minimum atomic E-state index is -2.59. The molecule has 55 heavy (non-hydrogen) atoms. The highest BCUT2D eigenvalue weighted by Crippen LogP contribution is 2.41. The van der Waals surface area contributed by atoms with Gasteiger partial charge >= 0.3 is 0 Å². The summed E-state index contributed by atoms with van der Waals surface area (Å²) < 4.78 is 6.37. The summed E-state index contributed by atoms with van der Waals surface area (Å²) in [6.07, 6.45) is 0. The van der Waals surface area contributed by atoms with Gasteiger partial charge in [-0.3, -0.25) is 0 Å². The SMILES string of the molecule is c1ccc([Si](c2ccccc2)(c2ccccc2)c2ccc(-c3ccc(N(c4ccc5c(c4)oc4ccccc45)c4cccc5ccccc45)cc3)cc2)cc1. The zero-order valence-electron chi connectivity index (χ0n) is 30.2. The van der Waals surface area contributed by atoms with Gasteiger partial charge in [0.2, 0.25) is 0 Å². The molecule has 10 rings (SSSR count). The van der Waals surface area contributed by atoms with Crippen LogP contribution in [0, 0.1) is 0 Å². The van der Waals surface area contributed by atoms with Crippen molar-refractivity contribution in [1.29, 1.82) is 0 Å². The molecule has 3 heteroatoms. The van der Waals surface area contributed by atoms with E-state index in [2.05, 4.69) is 217 Å². The molecule has 2 nitrogen and oxygen atoms in total. The summed E-state index contributed by atoms with van der Waals surface area (Å²) in [5.74, 6) is 0. The molecule has 0 bridgehead atoms. The largest absolute Gasteiger partial charge is 0.456 e. The molecule has 0 N–H and O–H groups in total. The molecule has 0 amide bonds. The van der Waals surface area contributed by atoms with Gasteiger partial charge in [-0.2, -0.15) is 0 Å². The lowest BCUT2D eigenvalue weighted by Crippen LogP contribution is -2.74. The fourth-order valence-electron chi connectivity index (χ4n) is 8.46. The zero-order valence-corrected chi connectivity index (χ0v) is 31.2. The maximum absolute atomic E-state index is 6.37. The van der Waals surface area contributed by atoms with Crippen LogP contribution in [0.2, 0.25) is 0 Å². The number of nitrogens with zero attached hydrogens (tertiary/aromatic N) is 1. The highest BCUT2D eigenvalue weighted by Gasteiger charge is 2.41. The molecule has 0 spiro atoms. The van der Waals surface area contributed by atoms with Crippen LogP contribution in [0.25, 0.3) is 43.8 Å². The van der Waals surface area contributed by atoms with Gasteiger partial charge in [-0.15, -0.1) is 0 Å². The minimum absolute atomic E-state index is 0.877. The predicted molar refractivity (Wildman–Crippen MR) is 235 cm³/mol. The van der Waals surface area contributed by atoms with Crippen molar-refractivity contribution in [3.63, 3.8) is 0 Å². The number of benzene rings is 9. The van der Waals surface area contributed by atoms with E-state index in [9.17, 15) is 0 Å². The van der Waals surface area contributed by atoms with Crippen molar-refractivity contribution in [3.05, 3.63) is 224 Å². The molecule has 0 atom stereocenters. The lowest BCUT2D eigenvalue weighted by molar-refractivity contribution is 0.669. The van der Waals surface area contributed by atoms with Crippen LogP contribution in [0.3, 0.4) is 0 Å². The summed E-state index contributed by atoms with van der Waals surface area (Å²) in [4.78, 5) is 2.35. The number of anilines is 3. The Morgan fingerprint density at radius 1 is 0.327 bits per heavy atom. The summed E-state index contributed by atoms with van der Waals surface area (Å²) in [5, 5.41) is 10.1. The molecule has 0 aliphatic carbocycles. The van der Waals surface area contributed by atoms with Crippen LogP contribution in [0.4, 0.5) is 17.1 Å². The molecule has 0 saturated carbocycles. The van der Waals surface area contributed by atoms with Gasteiger partial charge in [-0.05, 0) is 73.7 Å². The van der Waals surface area contributed by atoms with Crippen molar-refractivity contribution in [3.8, 4) is 11.1 Å². The fourth-order valence-corrected chi connectivity index (χ4v) is 13.2. The van der Waals surface area contributed by atoms with E-state index in [0.717, 1.165) is 39.0 Å². The quantitative estimate of drug-likeness (QED) is 0.115. The van der Waals surface area contributed by atoms with Crippen molar-refractivity contribution in [2.75, 3.05) is 4.90 Å². The highest BCUT2D eigenvalue weighted by molar-refractivity contribution is 7.19. The number of para-hydroxylation sites is 1. The van der Waals surface area contributed by atoms with Gasteiger partial charge in [0.25, 0.3) is 0 Å². The second kappa shape index (κ2) is 13.8. The van der Waals surface area contributed by atoms with Crippen LogP contribution in [0.15, 0.2) is 229 Å². The van der Waals surface area contributed by atoms with Crippen LogP contribution in [-0.2, 0) is 0 Å². The summed E-state index contributed by atoms with van der Waals surface area (Å²) >= 11 is 0. The lowest BCUT2D eigenvalue weighted by Gasteiger charge is -2.34. The molecule has 1 heterocycles. The van der Waals surface area contributed by atoms with Crippen LogP contribution in [0.1, 0.15) is 0 Å². The van der Waals surface area contributed by atoms with Crippen molar-refractivity contribution in [2.45, 2.75) is 0 Å². The van der Waals surface area contributed by atoms with E-state index >= 15 is 0 Å². The topological polar surface area (TPSA) is 16.4 Å². The first-order valence-electron chi connectivity index (χ1n) is 18.8. The number of fused-ring (bicyclic) bond motifs is 4. The number of hydrogen-bond donors (Lipinski definition) is 0. The normalized spacial score (nSPS) is 11.6. The Morgan fingerprint density at radius 2 is 0.800 bits per heavy atom. The average Bonchev–Trinajstić information content (AvgIpc) is 3.64. The smallest absolute Gasteiger partial charge is 0.179 e. The molecule has 9 aromatic carbocycles. The van der Waals surface area contributed by atoms with E-state index in [1.807, 2.05) is 12.1 Å². The van der Waals surface area contributed by atoms with Gasteiger partial charge in [0, 0.05) is 33.6 Å². The molecular formula is C52H37NOSi. The van der Waals surface area contributed by atoms with Crippen LogP contribution < -0.4 is 25.6 Å². The van der Waals surface area contributed by atoms with E-state index in [-0.39, 0.29) is 0 Å². The van der Waals surface area contributed by atoms with Crippen molar-refractivity contribution in [1.82, 2.24) is 0 Å². The summed E-state index contributed by atoms with van der Waals surface area (Å²) in [6.45, 7) is 0. The lowest BCUT2D eigenvalue weighted by atomic mass is 10.0. The summed E-state index contributed by atoms with van der Waals surface area (Å²) in [7, 11) is -2.59. The third-order valence-corrected chi connectivity index (χ3v) is 15.8. The molecular weight excluding hydrogens is 683 g/mol. The Balaban J connectivity index is 1.07. The Kier molecular flexibility index (Phi) is 8.20. The molecule has 0 aliphatic rings. The Hall–Kier alpha value is -6.94. The minimum Gasteiger partial charge on any atom is -0.456 e. The van der Waals surface area contributed by atoms with Gasteiger partial charge < -0.3 is 9.32 Å². The average molecular weight is 720 g/mol. The molecule has 1 aromatic heterocycles. The first-order valence-corrected chi connectivity index (χ1v) is 20.8. The second-order valence-electron chi connectivity index (χ2n) is 14.1. The molecule has 0 fully saturated rings. The third-order valence-electron chi connectivity index (χ3n) is 11.0. The highest BCUT2D eigenvalue weighted by atomic mass is 28.3. The molecule has 0 radical (unpaired) electrons. The van der Waals surface area contributed by atoms with Crippen molar-refractivity contribution < 1.29 is 4.42 Å². The number of rotatable bonds is 8. The number of furan rings is 1. The molecule has 0 unspecified atom stereocenters. The van der Waals surface area contributed by atoms with E-state index in [1.165, 1.54) is 42.6 Å². The maximum atomic E-state index is 6.37. The van der Waals surface area contributed by atoms with E-state index < -0.39 is 8.07 Å². The van der Waals surface area contributed by atoms with Crippen LogP contribution in [0.5, 0.6) is 0 Å². The van der Waals surface area contributed by atoms with Gasteiger partial charge in [-0.25, -0.2) is 0 Å². The molecule has 260 valence electrons.